The number of hydrogen-bond acceptors (Lipinski definition) is 3. The second kappa shape index (κ2) is 7.31. The molecule has 0 spiro atoms. The highest BCUT2D eigenvalue weighted by atomic mass is 16.9. The number of unbranched alkanes of at least 4 members (excludes halogenated alkanes) is 4. The molecule has 0 aromatic heterocycles. The first-order valence-electron chi connectivity index (χ1n) is 4.04. The van der Waals surface area contributed by atoms with Crippen LogP contribution in [0.5, 0.6) is 0 Å². The van der Waals surface area contributed by atoms with Crippen LogP contribution >= 0.6 is 0 Å². The number of nitrogens with zero attached hydrogens (tertiary/aromatic N) is 1. The summed E-state index contributed by atoms with van der Waals surface area (Å²) in [4.78, 5) is 13.8. The average molecular weight is 161 g/mol. The van der Waals surface area contributed by atoms with Crippen molar-refractivity contribution in [3.8, 4) is 0 Å². The van der Waals surface area contributed by atoms with Gasteiger partial charge in [0.05, 0.1) is 6.61 Å². The summed E-state index contributed by atoms with van der Waals surface area (Å²) in [7, 11) is 0. The average Bonchev–Trinajstić information content (AvgIpc) is 1.96. The first kappa shape index (κ1) is 10.2. The van der Waals surface area contributed by atoms with Gasteiger partial charge in [-0.2, -0.15) is 0 Å². The summed E-state index contributed by atoms with van der Waals surface area (Å²) >= 11 is 0. The molecule has 4 heteroatoms. The van der Waals surface area contributed by atoms with E-state index in [1.165, 1.54) is 12.8 Å². The predicted molar refractivity (Wildman–Crippen MR) is 41.7 cm³/mol. The van der Waals surface area contributed by atoms with Crippen molar-refractivity contribution in [2.45, 2.75) is 39.0 Å². The van der Waals surface area contributed by atoms with Gasteiger partial charge in [0.2, 0.25) is 0 Å². The molecule has 0 unspecified atom stereocenters. The zero-order chi connectivity index (χ0) is 8.53. The van der Waals surface area contributed by atoms with Crippen LogP contribution in [-0.2, 0) is 4.84 Å². The molecule has 0 radical (unpaired) electrons. The zero-order valence-electron chi connectivity index (χ0n) is 6.91. The van der Waals surface area contributed by atoms with Crippen LogP contribution < -0.4 is 0 Å². The lowest BCUT2D eigenvalue weighted by atomic mass is 10.2. The van der Waals surface area contributed by atoms with Gasteiger partial charge >= 0.3 is 0 Å². The van der Waals surface area contributed by atoms with Crippen molar-refractivity contribution in [2.75, 3.05) is 6.61 Å². The van der Waals surface area contributed by atoms with Crippen LogP contribution in [0, 0.1) is 10.1 Å². The Kier molecular flexibility index (Phi) is 6.78. The van der Waals surface area contributed by atoms with Gasteiger partial charge in [-0.05, 0) is 6.42 Å². The lowest BCUT2D eigenvalue weighted by molar-refractivity contribution is -0.757. The largest absolute Gasteiger partial charge is 0.314 e. The van der Waals surface area contributed by atoms with E-state index in [9.17, 15) is 10.1 Å². The molecule has 66 valence electrons. The molecule has 11 heavy (non-hydrogen) atoms. The molecular formula is C7H15NO3. The van der Waals surface area contributed by atoms with Gasteiger partial charge < -0.3 is 4.84 Å². The Balaban J connectivity index is 2.85. The summed E-state index contributed by atoms with van der Waals surface area (Å²) in [5, 5.41) is 8.94. The fraction of sp³-hybridized carbons (Fsp3) is 1.00. The van der Waals surface area contributed by atoms with Gasteiger partial charge in [0.1, 0.15) is 0 Å². The normalized spacial score (nSPS) is 9.55. The summed E-state index contributed by atoms with van der Waals surface area (Å²) < 4.78 is 0. The molecule has 0 aliphatic carbocycles. The van der Waals surface area contributed by atoms with Gasteiger partial charge in [-0.25, -0.2) is 0 Å². The van der Waals surface area contributed by atoms with E-state index < -0.39 is 5.09 Å². The smallest absolute Gasteiger partial charge is 0.294 e. The highest BCUT2D eigenvalue weighted by molar-refractivity contribution is 4.39. The SMILES string of the molecule is CCCCCCCO[N+](=O)[O-]. The van der Waals surface area contributed by atoms with Crippen LogP contribution in [0.15, 0.2) is 0 Å². The first-order chi connectivity index (χ1) is 5.27. The molecule has 0 aromatic carbocycles. The number of hydrogen-bond donors (Lipinski definition) is 0. The molecule has 0 fully saturated rings. The van der Waals surface area contributed by atoms with Gasteiger partial charge in [-0.15, -0.1) is 10.1 Å². The van der Waals surface area contributed by atoms with E-state index in [1.54, 1.807) is 0 Å². The van der Waals surface area contributed by atoms with Crippen LogP contribution in [0.2, 0.25) is 0 Å². The Hall–Kier alpha value is -0.800. The Morgan fingerprint density at radius 2 is 1.91 bits per heavy atom. The van der Waals surface area contributed by atoms with Crippen LogP contribution in [0.1, 0.15) is 39.0 Å². The fourth-order valence-corrected chi connectivity index (χ4v) is 0.845. The third-order valence-electron chi connectivity index (χ3n) is 1.44. The fourth-order valence-electron chi connectivity index (χ4n) is 0.845. The predicted octanol–water partition coefficient (Wildman–Crippen LogP) is 2.17. The zero-order valence-corrected chi connectivity index (χ0v) is 6.91. The van der Waals surface area contributed by atoms with Gasteiger partial charge in [0.15, 0.2) is 0 Å². The van der Waals surface area contributed by atoms with Crippen molar-refractivity contribution >= 4 is 0 Å². The highest BCUT2D eigenvalue weighted by Gasteiger charge is 1.93. The Morgan fingerprint density at radius 1 is 1.27 bits per heavy atom. The van der Waals surface area contributed by atoms with Crippen LogP contribution in [0.25, 0.3) is 0 Å². The summed E-state index contributed by atoms with van der Waals surface area (Å²) in [5.41, 5.74) is 0. The van der Waals surface area contributed by atoms with Gasteiger partial charge in [-0.3, -0.25) is 0 Å². The molecular weight excluding hydrogens is 146 g/mol. The van der Waals surface area contributed by atoms with E-state index in [0.717, 1.165) is 19.3 Å². The van der Waals surface area contributed by atoms with Crippen molar-refractivity contribution in [1.82, 2.24) is 0 Å². The second-order valence-corrected chi connectivity index (χ2v) is 2.47. The van der Waals surface area contributed by atoms with Crippen LogP contribution in [0.3, 0.4) is 0 Å². The van der Waals surface area contributed by atoms with E-state index in [0.29, 0.717) is 0 Å². The standard InChI is InChI=1S/C7H15NO3/c1-2-3-4-5-6-7-11-8(9)10/h2-7H2,1H3. The van der Waals surface area contributed by atoms with E-state index in [-0.39, 0.29) is 6.61 Å². The maximum atomic E-state index is 9.67. The molecule has 0 saturated carbocycles. The molecule has 0 aliphatic rings. The molecule has 0 amide bonds. The minimum atomic E-state index is -0.736. The minimum Gasteiger partial charge on any atom is -0.314 e. The molecule has 0 heterocycles. The summed E-state index contributed by atoms with van der Waals surface area (Å²) in [6.07, 6.45) is 5.37. The Morgan fingerprint density at radius 3 is 2.45 bits per heavy atom. The number of rotatable bonds is 7. The molecule has 0 aromatic rings. The summed E-state index contributed by atoms with van der Waals surface area (Å²) in [5.74, 6) is 0. The van der Waals surface area contributed by atoms with Crippen molar-refractivity contribution in [1.29, 1.82) is 0 Å². The van der Waals surface area contributed by atoms with Crippen molar-refractivity contribution in [3.63, 3.8) is 0 Å². The molecule has 0 rings (SSSR count). The molecule has 0 atom stereocenters. The monoisotopic (exact) mass is 161 g/mol. The second-order valence-electron chi connectivity index (χ2n) is 2.47. The van der Waals surface area contributed by atoms with E-state index >= 15 is 0 Å². The van der Waals surface area contributed by atoms with E-state index in [2.05, 4.69) is 11.8 Å². The van der Waals surface area contributed by atoms with Gasteiger partial charge in [0, 0.05) is 0 Å². The van der Waals surface area contributed by atoms with Crippen LogP contribution in [-0.4, -0.2) is 11.7 Å². The quantitative estimate of drug-likeness (QED) is 0.326. The van der Waals surface area contributed by atoms with E-state index in [4.69, 9.17) is 0 Å². The lowest BCUT2D eigenvalue weighted by Crippen LogP contribution is -2.01. The van der Waals surface area contributed by atoms with Crippen LogP contribution in [0.4, 0.5) is 0 Å². The summed E-state index contributed by atoms with van der Waals surface area (Å²) in [6.45, 7) is 2.38. The lowest BCUT2D eigenvalue weighted by Gasteiger charge is -1.97. The van der Waals surface area contributed by atoms with Gasteiger partial charge in [0.25, 0.3) is 5.09 Å². The Labute approximate surface area is 66.6 Å². The molecule has 4 nitrogen and oxygen atoms in total. The van der Waals surface area contributed by atoms with Crippen molar-refractivity contribution in [3.05, 3.63) is 10.1 Å². The maximum absolute atomic E-state index is 9.67. The first-order valence-corrected chi connectivity index (χ1v) is 4.04. The van der Waals surface area contributed by atoms with Crippen molar-refractivity contribution < 1.29 is 9.92 Å². The van der Waals surface area contributed by atoms with Gasteiger partial charge in [-0.1, -0.05) is 32.6 Å². The molecule has 0 aliphatic heterocycles. The molecule has 0 saturated heterocycles. The highest BCUT2D eigenvalue weighted by Crippen LogP contribution is 2.01. The maximum Gasteiger partial charge on any atom is 0.294 e. The third-order valence-corrected chi connectivity index (χ3v) is 1.44. The Bertz CT molecular complexity index is 106. The minimum absolute atomic E-state index is 0.247. The molecule has 0 N–H and O–H groups in total. The molecule has 0 bridgehead atoms. The topological polar surface area (TPSA) is 52.4 Å². The van der Waals surface area contributed by atoms with E-state index in [1.807, 2.05) is 0 Å². The summed E-state index contributed by atoms with van der Waals surface area (Å²) in [6, 6.07) is 0. The van der Waals surface area contributed by atoms with Crippen molar-refractivity contribution in [2.24, 2.45) is 0 Å². The third kappa shape index (κ3) is 9.20.